The average molecular weight is 229 g/mol. The van der Waals surface area contributed by atoms with Crippen molar-refractivity contribution in [1.82, 2.24) is 10.3 Å². The van der Waals surface area contributed by atoms with E-state index in [1.165, 1.54) is 0 Å². The van der Waals surface area contributed by atoms with Crippen molar-refractivity contribution in [3.05, 3.63) is 17.7 Å². The summed E-state index contributed by atoms with van der Waals surface area (Å²) in [7, 11) is 0. The molecule has 0 amide bonds. The highest BCUT2D eigenvalue weighted by Crippen LogP contribution is 2.24. The van der Waals surface area contributed by atoms with Crippen molar-refractivity contribution >= 4 is 16.7 Å². The second kappa shape index (κ2) is 4.07. The first kappa shape index (κ1) is 10.1. The van der Waals surface area contributed by atoms with Crippen LogP contribution < -0.4 is 4.90 Å². The third-order valence-electron chi connectivity index (χ3n) is 2.88. The van der Waals surface area contributed by atoms with Gasteiger partial charge in [0.25, 0.3) is 0 Å². The van der Waals surface area contributed by atoms with E-state index in [1.807, 2.05) is 12.1 Å². The summed E-state index contributed by atoms with van der Waals surface area (Å²) in [6.07, 6.45) is 5.47. The average Bonchev–Trinajstić information content (AvgIpc) is 2.86. The van der Waals surface area contributed by atoms with Gasteiger partial charge in [-0.25, -0.2) is 4.63 Å². The maximum Gasteiger partial charge on any atom is 0.150 e. The predicted octanol–water partition coefficient (Wildman–Crippen LogP) is 1.04. The van der Waals surface area contributed by atoms with Gasteiger partial charge in [0.15, 0.2) is 5.52 Å². The number of nitrogens with zero attached hydrogens (tertiary/aromatic N) is 3. The van der Waals surface area contributed by atoms with Crippen LogP contribution in [0, 0.1) is 12.3 Å². The summed E-state index contributed by atoms with van der Waals surface area (Å²) in [4.78, 5) is 2.22. The third kappa shape index (κ3) is 1.73. The van der Waals surface area contributed by atoms with Gasteiger partial charge in [-0.15, -0.1) is 6.42 Å². The number of aromatic nitrogens is 2. The van der Waals surface area contributed by atoms with Crippen LogP contribution in [0.25, 0.3) is 11.0 Å². The molecule has 86 valence electrons. The molecule has 0 aliphatic carbocycles. The van der Waals surface area contributed by atoms with Crippen molar-refractivity contribution in [2.75, 3.05) is 31.2 Å². The molecule has 0 N–H and O–H groups in total. The van der Waals surface area contributed by atoms with Gasteiger partial charge in [-0.2, -0.15) is 0 Å². The molecule has 0 spiro atoms. The Morgan fingerprint density at radius 1 is 1.24 bits per heavy atom. The first-order valence-corrected chi connectivity index (χ1v) is 5.44. The number of fused-ring (bicyclic) bond motifs is 1. The van der Waals surface area contributed by atoms with Gasteiger partial charge in [0.1, 0.15) is 5.52 Å². The molecule has 0 bridgehead atoms. The Labute approximate surface area is 98.3 Å². The van der Waals surface area contributed by atoms with Crippen molar-refractivity contribution in [3.63, 3.8) is 0 Å². The van der Waals surface area contributed by atoms with E-state index < -0.39 is 0 Å². The second-order valence-electron chi connectivity index (χ2n) is 3.87. The zero-order valence-corrected chi connectivity index (χ0v) is 9.22. The maximum absolute atomic E-state index is 5.47. The first-order valence-electron chi connectivity index (χ1n) is 5.44. The Balaban J connectivity index is 2.07. The van der Waals surface area contributed by atoms with E-state index >= 15 is 0 Å². The Hall–Kier alpha value is -2.06. The molecule has 3 rings (SSSR count). The third-order valence-corrected chi connectivity index (χ3v) is 2.88. The zero-order chi connectivity index (χ0) is 11.7. The quantitative estimate of drug-likeness (QED) is 0.684. The van der Waals surface area contributed by atoms with Gasteiger partial charge in [-0.05, 0) is 22.4 Å². The highest BCUT2D eigenvalue weighted by Gasteiger charge is 2.15. The maximum atomic E-state index is 5.47. The van der Waals surface area contributed by atoms with Crippen LogP contribution in [0.3, 0.4) is 0 Å². The van der Waals surface area contributed by atoms with Gasteiger partial charge in [-0.3, -0.25) is 0 Å². The van der Waals surface area contributed by atoms with Crippen LogP contribution in [0.4, 0.5) is 5.69 Å². The van der Waals surface area contributed by atoms with Gasteiger partial charge < -0.3 is 9.64 Å². The monoisotopic (exact) mass is 229 g/mol. The first-order chi connectivity index (χ1) is 8.38. The number of hydrogen-bond acceptors (Lipinski definition) is 5. The summed E-state index contributed by atoms with van der Waals surface area (Å²) in [5, 5.41) is 7.65. The molecule has 1 saturated heterocycles. The minimum Gasteiger partial charge on any atom is -0.378 e. The molecule has 1 fully saturated rings. The molecule has 0 unspecified atom stereocenters. The van der Waals surface area contributed by atoms with Gasteiger partial charge in [-0.1, -0.05) is 5.92 Å². The summed E-state index contributed by atoms with van der Waals surface area (Å²) in [6, 6.07) is 3.88. The normalized spacial score (nSPS) is 16.1. The van der Waals surface area contributed by atoms with E-state index in [0.717, 1.165) is 32.0 Å². The minimum atomic E-state index is 0.643. The van der Waals surface area contributed by atoms with E-state index in [1.54, 1.807) is 0 Å². The highest BCUT2D eigenvalue weighted by atomic mass is 16.6. The fourth-order valence-electron chi connectivity index (χ4n) is 1.99. The molecular weight excluding hydrogens is 218 g/mol. The van der Waals surface area contributed by atoms with Crippen molar-refractivity contribution in [2.24, 2.45) is 0 Å². The molecule has 0 atom stereocenters. The molecule has 1 aromatic heterocycles. The number of hydrogen-bond donors (Lipinski definition) is 0. The zero-order valence-electron chi connectivity index (χ0n) is 9.22. The summed E-state index contributed by atoms with van der Waals surface area (Å²) in [6.45, 7) is 3.20. The fraction of sp³-hybridized carbons (Fsp3) is 0.333. The molecule has 1 aliphatic rings. The van der Waals surface area contributed by atoms with E-state index in [4.69, 9.17) is 15.8 Å². The van der Waals surface area contributed by atoms with Gasteiger partial charge in [0.05, 0.1) is 18.8 Å². The minimum absolute atomic E-state index is 0.643. The molecule has 1 aromatic carbocycles. The molecule has 2 heterocycles. The van der Waals surface area contributed by atoms with Gasteiger partial charge in [0.2, 0.25) is 0 Å². The largest absolute Gasteiger partial charge is 0.378 e. The van der Waals surface area contributed by atoms with Crippen LogP contribution in [-0.4, -0.2) is 36.6 Å². The Kier molecular flexibility index (Phi) is 2.42. The molecule has 5 nitrogen and oxygen atoms in total. The summed E-state index contributed by atoms with van der Waals surface area (Å²) in [5.41, 5.74) is 3.10. The Morgan fingerprint density at radius 3 is 2.82 bits per heavy atom. The summed E-state index contributed by atoms with van der Waals surface area (Å²) >= 11 is 0. The van der Waals surface area contributed by atoms with Crippen LogP contribution in [0.15, 0.2) is 16.8 Å². The predicted molar refractivity (Wildman–Crippen MR) is 62.8 cm³/mol. The fourth-order valence-corrected chi connectivity index (χ4v) is 1.99. The van der Waals surface area contributed by atoms with Crippen LogP contribution in [0.2, 0.25) is 0 Å². The topological polar surface area (TPSA) is 51.4 Å². The van der Waals surface area contributed by atoms with E-state index in [-0.39, 0.29) is 0 Å². The number of anilines is 1. The van der Waals surface area contributed by atoms with Gasteiger partial charge >= 0.3 is 0 Å². The van der Waals surface area contributed by atoms with Crippen LogP contribution in [0.1, 0.15) is 5.56 Å². The lowest BCUT2D eigenvalue weighted by molar-refractivity contribution is 0.122. The molecule has 17 heavy (non-hydrogen) atoms. The molecule has 2 aromatic rings. The second-order valence-corrected chi connectivity index (χ2v) is 3.87. The van der Waals surface area contributed by atoms with Crippen molar-refractivity contribution in [1.29, 1.82) is 0 Å². The van der Waals surface area contributed by atoms with Crippen molar-refractivity contribution in [2.45, 2.75) is 0 Å². The lowest BCUT2D eigenvalue weighted by Gasteiger charge is -2.28. The highest BCUT2D eigenvalue weighted by molar-refractivity contribution is 5.84. The smallest absolute Gasteiger partial charge is 0.150 e. The number of ether oxygens (including phenoxy) is 1. The summed E-state index contributed by atoms with van der Waals surface area (Å²) in [5.74, 6) is 2.62. The molecule has 5 heteroatoms. The summed E-state index contributed by atoms with van der Waals surface area (Å²) < 4.78 is 10.0. The standard InChI is InChI=1S/C12H11N3O2/c1-2-9-7-10(15-3-5-16-6-4-15)8-11-12(9)14-17-13-11/h1,7-8H,3-6H2. The van der Waals surface area contributed by atoms with Crippen LogP contribution in [-0.2, 0) is 4.74 Å². The van der Waals surface area contributed by atoms with E-state index in [9.17, 15) is 0 Å². The van der Waals surface area contributed by atoms with E-state index in [2.05, 4.69) is 21.1 Å². The molecule has 0 saturated carbocycles. The Bertz CT molecular complexity index is 579. The van der Waals surface area contributed by atoms with Crippen molar-refractivity contribution < 1.29 is 9.37 Å². The number of benzene rings is 1. The molecule has 0 radical (unpaired) electrons. The number of terminal acetylenes is 1. The number of morpholine rings is 1. The van der Waals surface area contributed by atoms with Gasteiger partial charge in [0, 0.05) is 18.8 Å². The lowest BCUT2D eigenvalue weighted by Crippen LogP contribution is -2.36. The van der Waals surface area contributed by atoms with Crippen molar-refractivity contribution in [3.8, 4) is 12.3 Å². The molecular formula is C12H11N3O2. The lowest BCUT2D eigenvalue weighted by atomic mass is 10.1. The van der Waals surface area contributed by atoms with Crippen LogP contribution in [0.5, 0.6) is 0 Å². The number of rotatable bonds is 1. The van der Waals surface area contributed by atoms with E-state index in [0.29, 0.717) is 16.6 Å². The molecule has 1 aliphatic heterocycles. The Morgan fingerprint density at radius 2 is 2.06 bits per heavy atom. The van der Waals surface area contributed by atoms with Crippen LogP contribution >= 0.6 is 0 Å². The SMILES string of the molecule is C#Cc1cc(N2CCOCC2)cc2nonc12.